The van der Waals surface area contributed by atoms with Crippen molar-refractivity contribution < 1.29 is 4.79 Å². The van der Waals surface area contributed by atoms with Crippen molar-refractivity contribution in [2.75, 3.05) is 0 Å². The molecule has 0 radical (unpaired) electrons. The number of unbranched alkanes of at least 4 members (excludes halogenated alkanes) is 3. The van der Waals surface area contributed by atoms with Crippen molar-refractivity contribution in [2.24, 2.45) is 0 Å². The lowest BCUT2D eigenvalue weighted by Gasteiger charge is -1.91. The number of Topliss-reactive ketones (excluding diaryl/α,β-unsaturated/α-hetero) is 1. The van der Waals surface area contributed by atoms with Crippen molar-refractivity contribution in [1.82, 2.24) is 0 Å². The highest BCUT2D eigenvalue weighted by atomic mass is 16.1. The molecule has 86 valence electrons. The Hall–Kier alpha value is -0.330. The number of rotatable bonds is 7. The van der Waals surface area contributed by atoms with E-state index >= 15 is 0 Å². The molecule has 0 saturated carbocycles. The average Bonchev–Trinajstić information content (AvgIpc) is 2.16. The van der Waals surface area contributed by atoms with E-state index in [2.05, 4.69) is 13.8 Å². The lowest BCUT2D eigenvalue weighted by Crippen LogP contribution is -1.93. The Kier molecular flexibility index (Phi) is 17.4. The van der Waals surface area contributed by atoms with E-state index in [0.29, 0.717) is 5.78 Å². The quantitative estimate of drug-likeness (QED) is 0.542. The summed E-state index contributed by atoms with van der Waals surface area (Å²) in [6.07, 6.45) is 9.08. The molecule has 0 atom stereocenters. The molecule has 0 bridgehead atoms. The van der Waals surface area contributed by atoms with Crippen LogP contribution in [-0.4, -0.2) is 5.78 Å². The summed E-state index contributed by atoms with van der Waals surface area (Å²) in [6, 6.07) is 0. The van der Waals surface area contributed by atoms with Gasteiger partial charge in [-0.15, -0.1) is 0 Å². The summed E-state index contributed by atoms with van der Waals surface area (Å²) in [5.41, 5.74) is 0. The van der Waals surface area contributed by atoms with Crippen LogP contribution in [0, 0.1) is 0 Å². The molecule has 0 aliphatic rings. The van der Waals surface area contributed by atoms with Gasteiger partial charge in [-0.2, -0.15) is 0 Å². The van der Waals surface area contributed by atoms with Crippen LogP contribution in [0.15, 0.2) is 0 Å². The molecule has 0 aromatic rings. The highest BCUT2D eigenvalue weighted by Gasteiger charge is 1.94. The van der Waals surface area contributed by atoms with E-state index in [1.54, 1.807) is 0 Å². The predicted molar refractivity (Wildman–Crippen MR) is 64.6 cm³/mol. The van der Waals surface area contributed by atoms with Crippen LogP contribution in [0.1, 0.15) is 79.1 Å². The molecular weight excluding hydrogens is 172 g/mol. The Balaban J connectivity index is 0. The molecule has 0 aromatic carbocycles. The molecule has 0 spiro atoms. The zero-order chi connectivity index (χ0) is 11.2. The maximum absolute atomic E-state index is 10.6. The minimum Gasteiger partial charge on any atom is -0.300 e. The maximum atomic E-state index is 10.6. The van der Waals surface area contributed by atoms with E-state index in [1.807, 2.05) is 13.8 Å². The predicted octanol–water partition coefficient (Wildman–Crippen LogP) is 4.74. The largest absolute Gasteiger partial charge is 0.300 e. The number of hydrogen-bond donors (Lipinski definition) is 0. The van der Waals surface area contributed by atoms with Gasteiger partial charge in [0.05, 0.1) is 0 Å². The molecule has 1 nitrogen and oxygen atoms in total. The second-order valence-electron chi connectivity index (χ2n) is 3.75. The van der Waals surface area contributed by atoms with Crippen LogP contribution in [0.2, 0.25) is 0 Å². The van der Waals surface area contributed by atoms with E-state index < -0.39 is 0 Å². The summed E-state index contributed by atoms with van der Waals surface area (Å²) >= 11 is 0. The fourth-order valence-corrected chi connectivity index (χ4v) is 1.18. The van der Waals surface area contributed by atoms with Crippen LogP contribution in [0.4, 0.5) is 0 Å². The van der Waals surface area contributed by atoms with Crippen LogP contribution in [0.25, 0.3) is 0 Å². The Bertz CT molecular complexity index is 95.8. The molecule has 0 saturated heterocycles. The molecule has 0 N–H and O–H groups in total. The minimum atomic E-state index is 0.412. The number of carbonyl (C=O) groups excluding carboxylic acids is 1. The Morgan fingerprint density at radius 3 is 1.29 bits per heavy atom. The van der Waals surface area contributed by atoms with Gasteiger partial charge < -0.3 is 0 Å². The molecule has 0 heterocycles. The van der Waals surface area contributed by atoms with Crippen LogP contribution in [0.5, 0.6) is 0 Å². The van der Waals surface area contributed by atoms with Crippen molar-refractivity contribution in [1.29, 1.82) is 0 Å². The van der Waals surface area contributed by atoms with Crippen LogP contribution in [0.3, 0.4) is 0 Å². The van der Waals surface area contributed by atoms with Crippen molar-refractivity contribution in [3.05, 3.63) is 0 Å². The highest BCUT2D eigenvalue weighted by molar-refractivity contribution is 5.78. The van der Waals surface area contributed by atoms with Gasteiger partial charge >= 0.3 is 0 Å². The monoisotopic (exact) mass is 200 g/mol. The molecule has 0 rings (SSSR count). The fraction of sp³-hybridized carbons (Fsp3) is 0.923. The van der Waals surface area contributed by atoms with Crippen LogP contribution < -0.4 is 0 Å². The maximum Gasteiger partial charge on any atom is 0.132 e. The van der Waals surface area contributed by atoms with Crippen LogP contribution >= 0.6 is 0 Å². The molecule has 0 unspecified atom stereocenters. The van der Waals surface area contributed by atoms with Crippen LogP contribution in [-0.2, 0) is 4.79 Å². The third-order valence-corrected chi connectivity index (χ3v) is 2.01. The third-order valence-electron chi connectivity index (χ3n) is 2.01. The standard InChI is InChI=1S/C7H14O.C6H14/c1-3-5-7(8)6-4-2;1-3-5-6-4-2/h3-6H2,1-2H3;3-6H2,1-2H3. The first-order chi connectivity index (χ1) is 6.72. The van der Waals surface area contributed by atoms with Gasteiger partial charge in [-0.3, -0.25) is 4.79 Å². The molecule has 0 aliphatic carbocycles. The van der Waals surface area contributed by atoms with E-state index in [9.17, 15) is 4.79 Å². The number of hydrogen-bond acceptors (Lipinski definition) is 1. The first-order valence-electron chi connectivity index (χ1n) is 6.24. The highest BCUT2D eigenvalue weighted by Crippen LogP contribution is 1.96. The Morgan fingerprint density at radius 1 is 0.714 bits per heavy atom. The molecule has 0 fully saturated rings. The van der Waals surface area contributed by atoms with E-state index in [0.717, 1.165) is 25.7 Å². The van der Waals surface area contributed by atoms with Gasteiger partial charge in [0.25, 0.3) is 0 Å². The molecule has 14 heavy (non-hydrogen) atoms. The first-order valence-corrected chi connectivity index (χ1v) is 6.24. The zero-order valence-electron chi connectivity index (χ0n) is 10.6. The molecule has 0 aliphatic heterocycles. The number of carbonyl (C=O) groups is 1. The van der Waals surface area contributed by atoms with Crippen molar-refractivity contribution >= 4 is 5.78 Å². The molecule has 0 amide bonds. The first kappa shape index (κ1) is 16.1. The second kappa shape index (κ2) is 15.2. The lowest BCUT2D eigenvalue weighted by atomic mass is 10.1. The fourth-order valence-electron chi connectivity index (χ4n) is 1.18. The Labute approximate surface area is 90.3 Å². The molecule has 0 aromatic heterocycles. The summed E-state index contributed by atoms with van der Waals surface area (Å²) in [4.78, 5) is 10.6. The smallest absolute Gasteiger partial charge is 0.132 e. The topological polar surface area (TPSA) is 17.1 Å². The summed E-state index contributed by atoms with van der Waals surface area (Å²) < 4.78 is 0. The van der Waals surface area contributed by atoms with Crippen molar-refractivity contribution in [2.45, 2.75) is 79.1 Å². The second-order valence-corrected chi connectivity index (χ2v) is 3.75. The van der Waals surface area contributed by atoms with Gasteiger partial charge in [0.15, 0.2) is 0 Å². The normalized spacial score (nSPS) is 9.14. The van der Waals surface area contributed by atoms with E-state index in [1.165, 1.54) is 25.7 Å². The minimum absolute atomic E-state index is 0.412. The molecule has 1 heteroatoms. The Morgan fingerprint density at radius 2 is 1.07 bits per heavy atom. The van der Waals surface area contributed by atoms with Crippen molar-refractivity contribution in [3.63, 3.8) is 0 Å². The van der Waals surface area contributed by atoms with Crippen molar-refractivity contribution in [3.8, 4) is 0 Å². The summed E-state index contributed by atoms with van der Waals surface area (Å²) in [7, 11) is 0. The number of ketones is 1. The van der Waals surface area contributed by atoms with Gasteiger partial charge in [0, 0.05) is 12.8 Å². The zero-order valence-corrected chi connectivity index (χ0v) is 10.6. The average molecular weight is 200 g/mol. The summed E-state index contributed by atoms with van der Waals surface area (Å²) in [6.45, 7) is 8.53. The molecular formula is C13H28O. The van der Waals surface area contributed by atoms with Gasteiger partial charge in [0.1, 0.15) is 5.78 Å². The van der Waals surface area contributed by atoms with E-state index in [-0.39, 0.29) is 0 Å². The van der Waals surface area contributed by atoms with Gasteiger partial charge in [-0.05, 0) is 12.8 Å². The lowest BCUT2D eigenvalue weighted by molar-refractivity contribution is -0.119. The van der Waals surface area contributed by atoms with E-state index in [4.69, 9.17) is 0 Å². The summed E-state index contributed by atoms with van der Waals surface area (Å²) in [5, 5.41) is 0. The van der Waals surface area contributed by atoms with Gasteiger partial charge in [-0.1, -0.05) is 53.4 Å². The summed E-state index contributed by atoms with van der Waals surface area (Å²) in [5.74, 6) is 0.412. The SMILES string of the molecule is CCCC(=O)CCC.CCCCCC. The van der Waals surface area contributed by atoms with Gasteiger partial charge in [0.2, 0.25) is 0 Å². The van der Waals surface area contributed by atoms with Gasteiger partial charge in [-0.25, -0.2) is 0 Å². The third kappa shape index (κ3) is 17.7.